The van der Waals surface area contributed by atoms with Crippen LogP contribution in [0, 0.1) is 6.92 Å². The predicted octanol–water partition coefficient (Wildman–Crippen LogP) is 2.85. The summed E-state index contributed by atoms with van der Waals surface area (Å²) in [5.74, 6) is -0.120. The van der Waals surface area contributed by atoms with Crippen LogP contribution < -0.4 is 10.2 Å². The number of anilines is 1. The number of fused-ring (bicyclic) bond motifs is 1. The van der Waals surface area contributed by atoms with Crippen LogP contribution >= 0.6 is 0 Å². The van der Waals surface area contributed by atoms with E-state index in [4.69, 9.17) is 0 Å². The maximum absolute atomic E-state index is 12.6. The molecule has 0 radical (unpaired) electrons. The molecule has 3 heterocycles. The van der Waals surface area contributed by atoms with Gasteiger partial charge in [0.15, 0.2) is 5.65 Å². The number of aromatic nitrogens is 3. The van der Waals surface area contributed by atoms with Crippen molar-refractivity contribution in [3.63, 3.8) is 0 Å². The van der Waals surface area contributed by atoms with E-state index in [0.717, 1.165) is 30.8 Å². The lowest BCUT2D eigenvalue weighted by Gasteiger charge is -2.40. The summed E-state index contributed by atoms with van der Waals surface area (Å²) >= 11 is 0. The van der Waals surface area contributed by atoms with Crippen molar-refractivity contribution in [2.24, 2.45) is 0 Å². The van der Waals surface area contributed by atoms with Gasteiger partial charge in [-0.2, -0.15) is 0 Å². The van der Waals surface area contributed by atoms with Crippen LogP contribution in [0.5, 0.6) is 0 Å². The Hall–Kier alpha value is -2.93. The van der Waals surface area contributed by atoms with Crippen molar-refractivity contribution in [1.29, 1.82) is 0 Å². The second-order valence-corrected chi connectivity index (χ2v) is 9.76. The molecule has 1 saturated carbocycles. The van der Waals surface area contributed by atoms with E-state index in [1.165, 1.54) is 5.56 Å². The summed E-state index contributed by atoms with van der Waals surface area (Å²) in [5.41, 5.74) is 3.58. The minimum absolute atomic E-state index is 0.0222. The predicted molar refractivity (Wildman–Crippen MR) is 119 cm³/mol. The van der Waals surface area contributed by atoms with Crippen molar-refractivity contribution in [3.8, 4) is 0 Å². The number of carbonyl (C=O) groups is 1. The number of aliphatic hydroxyl groups is 1. The molecule has 3 aromatic rings. The maximum Gasteiger partial charge on any atom is 0.291 e. The summed E-state index contributed by atoms with van der Waals surface area (Å²) in [6.07, 6.45) is 4.18. The molecule has 0 unspecified atom stereocenters. The lowest BCUT2D eigenvalue weighted by molar-refractivity contribution is -0.0367. The van der Waals surface area contributed by atoms with Crippen LogP contribution in [-0.2, 0) is 5.41 Å². The number of benzene rings is 1. The summed E-state index contributed by atoms with van der Waals surface area (Å²) in [4.78, 5) is 19.4. The van der Waals surface area contributed by atoms with E-state index in [1.54, 1.807) is 11.4 Å². The van der Waals surface area contributed by atoms with Crippen LogP contribution in [0.2, 0.25) is 0 Å². The highest BCUT2D eigenvalue weighted by molar-refractivity contribution is 5.91. The number of carbonyl (C=O) groups excluding carboxylic acids is 1. The minimum atomic E-state index is -0.681. The fourth-order valence-electron chi connectivity index (χ4n) is 5.01. The van der Waals surface area contributed by atoms with Crippen molar-refractivity contribution < 1.29 is 9.90 Å². The lowest BCUT2D eigenvalue weighted by Crippen LogP contribution is -2.53. The van der Waals surface area contributed by atoms with Gasteiger partial charge >= 0.3 is 0 Å². The fourth-order valence-corrected chi connectivity index (χ4v) is 5.01. The monoisotopic (exact) mass is 419 g/mol. The molecular formula is C24H29N5O2. The summed E-state index contributed by atoms with van der Waals surface area (Å²) in [6, 6.07) is 12.8. The molecular weight excluding hydrogens is 390 g/mol. The van der Waals surface area contributed by atoms with Gasteiger partial charge in [-0.1, -0.05) is 37.3 Å². The highest BCUT2D eigenvalue weighted by Crippen LogP contribution is 2.36. The van der Waals surface area contributed by atoms with Crippen LogP contribution in [0.1, 0.15) is 54.9 Å². The molecule has 2 N–H and O–H groups in total. The van der Waals surface area contributed by atoms with E-state index >= 15 is 0 Å². The second-order valence-electron chi connectivity index (χ2n) is 9.76. The number of amides is 1. The van der Waals surface area contributed by atoms with E-state index in [2.05, 4.69) is 63.6 Å². The highest BCUT2D eigenvalue weighted by atomic mass is 16.3. The average Bonchev–Trinajstić information content (AvgIpc) is 3.32. The Kier molecular flexibility index (Phi) is 4.55. The number of pyridine rings is 1. The molecule has 31 heavy (non-hydrogen) atoms. The van der Waals surface area contributed by atoms with Gasteiger partial charge in [0.2, 0.25) is 5.82 Å². The van der Waals surface area contributed by atoms with Gasteiger partial charge < -0.3 is 15.3 Å². The van der Waals surface area contributed by atoms with Crippen molar-refractivity contribution in [2.45, 2.75) is 57.1 Å². The third-order valence-corrected chi connectivity index (χ3v) is 6.82. The summed E-state index contributed by atoms with van der Waals surface area (Å²) in [7, 11) is 0. The molecule has 2 aromatic heterocycles. The van der Waals surface area contributed by atoms with Crippen molar-refractivity contribution in [3.05, 3.63) is 59.5 Å². The third kappa shape index (κ3) is 3.67. The molecule has 0 spiro atoms. The average molecular weight is 420 g/mol. The Morgan fingerprint density at radius 2 is 1.97 bits per heavy atom. The number of aryl methyl sites for hydroxylation is 1. The Morgan fingerprint density at radius 3 is 2.68 bits per heavy atom. The van der Waals surface area contributed by atoms with Crippen molar-refractivity contribution >= 4 is 17.2 Å². The van der Waals surface area contributed by atoms with Gasteiger partial charge in [0.1, 0.15) is 0 Å². The van der Waals surface area contributed by atoms with Gasteiger partial charge in [0, 0.05) is 24.5 Å². The van der Waals surface area contributed by atoms with E-state index in [9.17, 15) is 9.90 Å². The largest absolute Gasteiger partial charge is 0.390 e. The summed E-state index contributed by atoms with van der Waals surface area (Å²) < 4.78 is 1.72. The Morgan fingerprint density at radius 1 is 1.23 bits per heavy atom. The molecule has 0 bridgehead atoms. The molecule has 162 valence electrons. The standard InChI is InChI=1S/C24H29N5O2/c1-16-11-19(28-10-9-23(2,15-28)17-7-5-4-6-8-17)14-29-21(16)26-20(27-29)22(30)25-18-12-24(3,31)13-18/h4-8,11,14,18,31H,9-10,12-13,15H2,1-3H3,(H,25,30)/t18?,23-,24?/m0/s1. The van der Waals surface area contributed by atoms with Crippen molar-refractivity contribution in [1.82, 2.24) is 19.9 Å². The second kappa shape index (κ2) is 7.05. The SMILES string of the molecule is Cc1cc(N2CC[C@](C)(c3ccccc3)C2)cn2nc(C(=O)NC3CC(C)(O)C3)nc12. The lowest BCUT2D eigenvalue weighted by atomic mass is 9.77. The van der Waals surface area contributed by atoms with Crippen LogP contribution in [0.4, 0.5) is 5.69 Å². The van der Waals surface area contributed by atoms with E-state index < -0.39 is 5.60 Å². The number of hydrogen-bond acceptors (Lipinski definition) is 5. The smallest absolute Gasteiger partial charge is 0.291 e. The topological polar surface area (TPSA) is 82.8 Å². The molecule has 7 nitrogen and oxygen atoms in total. The molecule has 2 fully saturated rings. The molecule has 1 amide bonds. The van der Waals surface area contributed by atoms with Gasteiger partial charge in [-0.25, -0.2) is 9.50 Å². The van der Waals surface area contributed by atoms with E-state index in [1.807, 2.05) is 13.1 Å². The molecule has 2 aliphatic rings. The molecule has 1 aliphatic heterocycles. The Labute approximate surface area is 182 Å². The van der Waals surface area contributed by atoms with Crippen molar-refractivity contribution in [2.75, 3.05) is 18.0 Å². The molecule has 1 saturated heterocycles. The minimum Gasteiger partial charge on any atom is -0.390 e. The Bertz CT molecular complexity index is 1130. The van der Waals surface area contributed by atoms with Gasteiger partial charge in [-0.05, 0) is 50.3 Å². The Balaban J connectivity index is 1.36. The number of nitrogens with zero attached hydrogens (tertiary/aromatic N) is 4. The third-order valence-electron chi connectivity index (χ3n) is 6.82. The van der Waals surface area contributed by atoms with E-state index in [0.29, 0.717) is 18.5 Å². The van der Waals surface area contributed by atoms with Crippen LogP contribution in [0.3, 0.4) is 0 Å². The fraction of sp³-hybridized carbons (Fsp3) is 0.458. The van der Waals surface area contributed by atoms with Gasteiger partial charge in [0.25, 0.3) is 5.91 Å². The highest BCUT2D eigenvalue weighted by Gasteiger charge is 2.39. The molecule has 1 aromatic carbocycles. The molecule has 7 heteroatoms. The quantitative estimate of drug-likeness (QED) is 0.680. The first-order chi connectivity index (χ1) is 14.7. The van der Waals surface area contributed by atoms with Crippen LogP contribution in [0.25, 0.3) is 5.65 Å². The molecule has 5 rings (SSSR count). The first-order valence-electron chi connectivity index (χ1n) is 10.9. The zero-order valence-electron chi connectivity index (χ0n) is 18.3. The number of rotatable bonds is 4. The van der Waals surface area contributed by atoms with Crippen LogP contribution in [0.15, 0.2) is 42.6 Å². The molecule has 1 aliphatic carbocycles. The first-order valence-corrected chi connectivity index (χ1v) is 10.9. The first kappa shape index (κ1) is 20.0. The van der Waals surface area contributed by atoms with Gasteiger partial charge in [0.05, 0.1) is 17.5 Å². The van der Waals surface area contributed by atoms with Gasteiger partial charge in [-0.3, -0.25) is 4.79 Å². The normalized spacial score (nSPS) is 28.0. The van der Waals surface area contributed by atoms with E-state index in [-0.39, 0.29) is 23.2 Å². The number of hydrogen-bond donors (Lipinski definition) is 2. The van der Waals surface area contributed by atoms with Crippen LogP contribution in [-0.4, -0.2) is 50.3 Å². The number of nitrogens with one attached hydrogen (secondary N) is 1. The summed E-state index contributed by atoms with van der Waals surface area (Å²) in [5, 5.41) is 17.2. The van der Waals surface area contributed by atoms with Gasteiger partial charge in [-0.15, -0.1) is 5.10 Å². The zero-order valence-corrected chi connectivity index (χ0v) is 18.3. The maximum atomic E-state index is 12.6. The summed E-state index contributed by atoms with van der Waals surface area (Å²) in [6.45, 7) is 8.02. The zero-order chi connectivity index (χ0) is 21.8. The molecule has 1 atom stereocenters.